The Balaban J connectivity index is 1.76. The normalized spacial score (nSPS) is 26.1. The second-order valence-corrected chi connectivity index (χ2v) is 5.62. The highest BCUT2D eigenvalue weighted by molar-refractivity contribution is 5.44. The Morgan fingerprint density at radius 2 is 2.30 bits per heavy atom. The quantitative estimate of drug-likeness (QED) is 0.915. The number of morpholine rings is 1. The number of nitrogens with zero attached hydrogens (tertiary/aromatic N) is 3. The fourth-order valence-electron chi connectivity index (χ4n) is 3.21. The van der Waals surface area contributed by atoms with E-state index in [1.54, 1.807) is 0 Å². The Morgan fingerprint density at radius 1 is 1.40 bits per heavy atom. The number of nitrogens with one attached hydrogen (secondary N) is 1. The van der Waals surface area contributed by atoms with Gasteiger partial charge in [-0.15, -0.1) is 0 Å². The number of fused-ring (bicyclic) bond motifs is 1. The van der Waals surface area contributed by atoms with Gasteiger partial charge in [0.25, 0.3) is 0 Å². The van der Waals surface area contributed by atoms with Crippen LogP contribution in [0, 0.1) is 0 Å². The van der Waals surface area contributed by atoms with Crippen LogP contribution >= 0.6 is 0 Å². The average Bonchev–Trinajstić information content (AvgIpc) is 2.52. The minimum atomic E-state index is 0.388. The van der Waals surface area contributed by atoms with Crippen molar-refractivity contribution in [3.8, 4) is 0 Å². The molecule has 1 aliphatic carbocycles. The van der Waals surface area contributed by atoms with Crippen molar-refractivity contribution in [2.45, 2.75) is 51.2 Å². The first-order valence-electron chi connectivity index (χ1n) is 7.83. The van der Waals surface area contributed by atoms with Crippen molar-refractivity contribution >= 4 is 11.8 Å². The second-order valence-electron chi connectivity index (χ2n) is 5.62. The molecule has 2 fully saturated rings. The molecular formula is C15H24N4O. The van der Waals surface area contributed by atoms with Crippen LogP contribution in [0.15, 0.2) is 12.3 Å². The third-order valence-electron chi connectivity index (χ3n) is 4.20. The molecule has 1 aromatic rings. The highest BCUT2D eigenvalue weighted by Gasteiger charge is 2.34. The summed E-state index contributed by atoms with van der Waals surface area (Å²) in [6, 6.07) is 2.51. The van der Waals surface area contributed by atoms with E-state index in [1.807, 2.05) is 12.3 Å². The molecule has 110 valence electrons. The lowest BCUT2D eigenvalue weighted by atomic mass is 9.90. The molecule has 3 rings (SSSR count). The molecule has 0 aromatic carbocycles. The monoisotopic (exact) mass is 276 g/mol. The molecule has 20 heavy (non-hydrogen) atoms. The number of anilines is 2. The van der Waals surface area contributed by atoms with Gasteiger partial charge in [-0.2, -0.15) is 4.98 Å². The molecule has 0 bridgehead atoms. The number of aromatic nitrogens is 2. The zero-order valence-electron chi connectivity index (χ0n) is 12.2. The van der Waals surface area contributed by atoms with Crippen LogP contribution in [0.25, 0.3) is 0 Å². The van der Waals surface area contributed by atoms with Crippen molar-refractivity contribution in [3.05, 3.63) is 12.3 Å². The molecule has 1 aromatic heterocycles. The molecule has 2 aliphatic rings. The molecule has 2 atom stereocenters. The van der Waals surface area contributed by atoms with Gasteiger partial charge in [-0.25, -0.2) is 4.98 Å². The number of hydrogen-bond acceptors (Lipinski definition) is 5. The third kappa shape index (κ3) is 2.87. The van der Waals surface area contributed by atoms with Crippen molar-refractivity contribution in [2.75, 3.05) is 29.9 Å². The fourth-order valence-corrected chi connectivity index (χ4v) is 3.21. The van der Waals surface area contributed by atoms with E-state index in [4.69, 9.17) is 4.74 Å². The summed E-state index contributed by atoms with van der Waals surface area (Å²) in [7, 11) is 0. The molecule has 0 radical (unpaired) electrons. The van der Waals surface area contributed by atoms with Gasteiger partial charge in [-0.3, -0.25) is 0 Å². The van der Waals surface area contributed by atoms with Crippen LogP contribution in [-0.4, -0.2) is 41.8 Å². The predicted octanol–water partition coefficient (Wildman–Crippen LogP) is 2.45. The summed E-state index contributed by atoms with van der Waals surface area (Å²) in [6.45, 7) is 4.80. The SMILES string of the molecule is CCCNc1nccc(N2CCOC3CCCCC32)n1. The smallest absolute Gasteiger partial charge is 0.224 e. The van der Waals surface area contributed by atoms with E-state index in [9.17, 15) is 0 Å². The molecule has 0 amide bonds. The van der Waals surface area contributed by atoms with Crippen molar-refractivity contribution in [1.29, 1.82) is 0 Å². The summed E-state index contributed by atoms with van der Waals surface area (Å²) in [5, 5.41) is 3.27. The number of rotatable bonds is 4. The van der Waals surface area contributed by atoms with E-state index in [0.717, 1.165) is 37.9 Å². The fraction of sp³-hybridized carbons (Fsp3) is 0.733. The maximum absolute atomic E-state index is 5.93. The minimum Gasteiger partial charge on any atom is -0.374 e. The van der Waals surface area contributed by atoms with Crippen LogP contribution in [0.2, 0.25) is 0 Å². The van der Waals surface area contributed by atoms with E-state index in [1.165, 1.54) is 25.7 Å². The molecule has 5 nitrogen and oxygen atoms in total. The van der Waals surface area contributed by atoms with Gasteiger partial charge in [-0.05, 0) is 25.3 Å². The van der Waals surface area contributed by atoms with Gasteiger partial charge in [0, 0.05) is 19.3 Å². The molecule has 2 unspecified atom stereocenters. The Bertz CT molecular complexity index is 438. The van der Waals surface area contributed by atoms with Crippen LogP contribution in [-0.2, 0) is 4.74 Å². The second kappa shape index (κ2) is 6.39. The average molecular weight is 276 g/mol. The topological polar surface area (TPSA) is 50.3 Å². The molecule has 1 N–H and O–H groups in total. The van der Waals surface area contributed by atoms with Gasteiger partial charge in [0.1, 0.15) is 5.82 Å². The van der Waals surface area contributed by atoms with E-state index in [0.29, 0.717) is 12.1 Å². The van der Waals surface area contributed by atoms with Crippen molar-refractivity contribution < 1.29 is 4.74 Å². The Morgan fingerprint density at radius 3 is 3.20 bits per heavy atom. The zero-order chi connectivity index (χ0) is 13.8. The third-order valence-corrected chi connectivity index (χ3v) is 4.20. The van der Waals surface area contributed by atoms with E-state index in [-0.39, 0.29) is 0 Å². The van der Waals surface area contributed by atoms with Crippen molar-refractivity contribution in [2.24, 2.45) is 0 Å². The summed E-state index contributed by atoms with van der Waals surface area (Å²) < 4.78 is 5.93. The van der Waals surface area contributed by atoms with Crippen LogP contribution < -0.4 is 10.2 Å². The standard InChI is InChI=1S/C15H24N4O/c1-2-8-16-15-17-9-7-14(18-15)19-10-11-20-13-6-4-3-5-12(13)19/h7,9,12-13H,2-6,8,10-11H2,1H3,(H,16,17,18). The predicted molar refractivity (Wildman–Crippen MR) is 80.2 cm³/mol. The minimum absolute atomic E-state index is 0.388. The van der Waals surface area contributed by atoms with Crippen LogP contribution in [0.3, 0.4) is 0 Å². The molecule has 5 heteroatoms. The van der Waals surface area contributed by atoms with Crippen molar-refractivity contribution in [3.63, 3.8) is 0 Å². The molecule has 2 heterocycles. The molecule has 1 aliphatic heterocycles. The first kappa shape index (κ1) is 13.6. The lowest BCUT2D eigenvalue weighted by molar-refractivity contribution is -0.00898. The Hall–Kier alpha value is -1.36. The van der Waals surface area contributed by atoms with Crippen molar-refractivity contribution in [1.82, 2.24) is 9.97 Å². The Labute approximate surface area is 120 Å². The van der Waals surface area contributed by atoms with Gasteiger partial charge in [-0.1, -0.05) is 19.8 Å². The van der Waals surface area contributed by atoms with Gasteiger partial charge < -0.3 is 15.0 Å². The number of ether oxygens (including phenoxy) is 1. The van der Waals surface area contributed by atoms with Gasteiger partial charge in [0.15, 0.2) is 0 Å². The van der Waals surface area contributed by atoms with Crippen LogP contribution in [0.4, 0.5) is 11.8 Å². The summed E-state index contributed by atoms with van der Waals surface area (Å²) in [5.41, 5.74) is 0. The van der Waals surface area contributed by atoms with E-state index < -0.39 is 0 Å². The maximum atomic E-state index is 5.93. The van der Waals surface area contributed by atoms with Gasteiger partial charge >= 0.3 is 0 Å². The summed E-state index contributed by atoms with van der Waals surface area (Å²) >= 11 is 0. The lowest BCUT2D eigenvalue weighted by Crippen LogP contribution is -2.53. The first-order chi connectivity index (χ1) is 9.88. The molecule has 1 saturated heterocycles. The van der Waals surface area contributed by atoms with E-state index >= 15 is 0 Å². The Kier molecular flexibility index (Phi) is 4.35. The molecular weight excluding hydrogens is 252 g/mol. The van der Waals surface area contributed by atoms with Gasteiger partial charge in [0.05, 0.1) is 18.8 Å². The molecule has 0 spiro atoms. The summed E-state index contributed by atoms with van der Waals surface area (Å²) in [4.78, 5) is 11.4. The van der Waals surface area contributed by atoms with Crippen LogP contribution in [0.5, 0.6) is 0 Å². The first-order valence-corrected chi connectivity index (χ1v) is 7.83. The van der Waals surface area contributed by atoms with E-state index in [2.05, 4.69) is 27.1 Å². The lowest BCUT2D eigenvalue weighted by Gasteiger charge is -2.44. The zero-order valence-corrected chi connectivity index (χ0v) is 12.2. The number of hydrogen-bond donors (Lipinski definition) is 1. The van der Waals surface area contributed by atoms with Crippen LogP contribution in [0.1, 0.15) is 39.0 Å². The highest BCUT2D eigenvalue weighted by Crippen LogP contribution is 2.31. The highest BCUT2D eigenvalue weighted by atomic mass is 16.5. The summed E-state index contributed by atoms with van der Waals surface area (Å²) in [5.74, 6) is 1.78. The summed E-state index contributed by atoms with van der Waals surface area (Å²) in [6.07, 6.45) is 8.32. The van der Waals surface area contributed by atoms with Gasteiger partial charge in [0.2, 0.25) is 5.95 Å². The maximum Gasteiger partial charge on any atom is 0.224 e. The molecule has 1 saturated carbocycles. The largest absolute Gasteiger partial charge is 0.374 e.